The highest BCUT2D eigenvalue weighted by Gasteiger charge is 2.12. The van der Waals surface area contributed by atoms with Crippen molar-refractivity contribution in [3.8, 4) is 11.5 Å². The SMILES string of the molecule is CCNC(=NCc1cc(OC)ccc1OC(F)F)NCCn1cc([N+](=O)[O-])cn1. The van der Waals surface area contributed by atoms with E-state index in [2.05, 4.69) is 25.5 Å². The van der Waals surface area contributed by atoms with Crippen LogP contribution in [0, 0.1) is 10.1 Å². The summed E-state index contributed by atoms with van der Waals surface area (Å²) in [6.07, 6.45) is 2.50. The Morgan fingerprint density at radius 1 is 1.41 bits per heavy atom. The molecule has 0 fully saturated rings. The highest BCUT2D eigenvalue weighted by atomic mass is 19.3. The fraction of sp³-hybridized carbons (Fsp3) is 0.412. The molecule has 0 aliphatic heterocycles. The van der Waals surface area contributed by atoms with Crippen molar-refractivity contribution in [2.24, 2.45) is 4.99 Å². The second-order valence-corrected chi connectivity index (χ2v) is 5.69. The summed E-state index contributed by atoms with van der Waals surface area (Å²) < 4.78 is 36.3. The number of aromatic nitrogens is 2. The third-order valence-electron chi connectivity index (χ3n) is 3.70. The number of guanidine groups is 1. The zero-order valence-corrected chi connectivity index (χ0v) is 16.0. The molecule has 0 atom stereocenters. The quantitative estimate of drug-likeness (QED) is 0.266. The molecular formula is C17H22F2N6O4. The van der Waals surface area contributed by atoms with Crippen LogP contribution < -0.4 is 20.1 Å². The number of methoxy groups -OCH3 is 1. The van der Waals surface area contributed by atoms with E-state index in [0.29, 0.717) is 36.9 Å². The molecule has 0 radical (unpaired) electrons. The molecule has 12 heteroatoms. The molecule has 1 heterocycles. The van der Waals surface area contributed by atoms with Crippen LogP contribution in [0.2, 0.25) is 0 Å². The molecule has 0 saturated carbocycles. The third kappa shape index (κ3) is 6.90. The van der Waals surface area contributed by atoms with E-state index in [9.17, 15) is 18.9 Å². The number of alkyl halides is 2. The zero-order valence-electron chi connectivity index (χ0n) is 16.0. The van der Waals surface area contributed by atoms with Crippen molar-refractivity contribution in [1.82, 2.24) is 20.4 Å². The number of halogens is 2. The van der Waals surface area contributed by atoms with E-state index < -0.39 is 11.5 Å². The maximum absolute atomic E-state index is 12.6. The predicted octanol–water partition coefficient (Wildman–Crippen LogP) is 2.16. The van der Waals surface area contributed by atoms with E-state index in [1.54, 1.807) is 6.07 Å². The first-order valence-corrected chi connectivity index (χ1v) is 8.73. The number of nitro groups is 1. The standard InChI is InChI=1S/C17H22F2N6O4/c1-3-20-17(21-6-7-24-11-13(10-23-24)25(26)27)22-9-12-8-14(28-2)4-5-15(12)29-16(18)19/h4-5,8,10-11,16H,3,6-7,9H2,1-2H3,(H2,20,21,22). The van der Waals surface area contributed by atoms with Crippen LogP contribution >= 0.6 is 0 Å². The van der Waals surface area contributed by atoms with Crippen molar-refractivity contribution >= 4 is 11.6 Å². The first kappa shape index (κ1) is 21.9. The molecule has 0 bridgehead atoms. The molecule has 0 spiro atoms. The van der Waals surface area contributed by atoms with Gasteiger partial charge in [0.1, 0.15) is 23.9 Å². The molecule has 2 N–H and O–H groups in total. The van der Waals surface area contributed by atoms with Crippen molar-refractivity contribution < 1.29 is 23.2 Å². The second-order valence-electron chi connectivity index (χ2n) is 5.69. The van der Waals surface area contributed by atoms with Gasteiger partial charge in [0, 0.05) is 18.7 Å². The van der Waals surface area contributed by atoms with Gasteiger partial charge < -0.3 is 20.1 Å². The number of hydrogen-bond acceptors (Lipinski definition) is 6. The van der Waals surface area contributed by atoms with Gasteiger partial charge in [0.05, 0.1) is 25.1 Å². The molecule has 2 aromatic rings. The van der Waals surface area contributed by atoms with Gasteiger partial charge in [0.15, 0.2) is 5.96 Å². The average Bonchev–Trinajstić information content (AvgIpc) is 3.16. The number of ether oxygens (including phenoxy) is 2. The van der Waals surface area contributed by atoms with Crippen LogP contribution in [0.15, 0.2) is 35.6 Å². The molecule has 0 aliphatic carbocycles. The Hall–Kier alpha value is -3.44. The van der Waals surface area contributed by atoms with E-state index in [1.165, 1.54) is 36.3 Å². The van der Waals surface area contributed by atoms with Crippen LogP contribution in [-0.4, -0.2) is 47.5 Å². The van der Waals surface area contributed by atoms with Crippen LogP contribution in [0.4, 0.5) is 14.5 Å². The summed E-state index contributed by atoms with van der Waals surface area (Å²) >= 11 is 0. The third-order valence-corrected chi connectivity index (χ3v) is 3.70. The van der Waals surface area contributed by atoms with Gasteiger partial charge in [0.2, 0.25) is 0 Å². The minimum atomic E-state index is -2.95. The fourth-order valence-electron chi connectivity index (χ4n) is 2.38. The number of aliphatic imine (C=N–C) groups is 1. The summed E-state index contributed by atoms with van der Waals surface area (Å²) in [6.45, 7) is 0.348. The summed E-state index contributed by atoms with van der Waals surface area (Å²) in [6, 6.07) is 4.51. The average molecular weight is 412 g/mol. The van der Waals surface area contributed by atoms with Crippen LogP contribution in [0.1, 0.15) is 12.5 Å². The van der Waals surface area contributed by atoms with Gasteiger partial charge in [-0.25, -0.2) is 4.99 Å². The van der Waals surface area contributed by atoms with E-state index in [1.807, 2.05) is 6.92 Å². The first-order chi connectivity index (χ1) is 13.9. The molecule has 0 amide bonds. The van der Waals surface area contributed by atoms with Crippen molar-refractivity contribution in [3.63, 3.8) is 0 Å². The highest BCUT2D eigenvalue weighted by molar-refractivity contribution is 5.79. The maximum Gasteiger partial charge on any atom is 0.387 e. The van der Waals surface area contributed by atoms with E-state index in [4.69, 9.17) is 4.74 Å². The lowest BCUT2D eigenvalue weighted by atomic mass is 10.2. The molecule has 0 aliphatic rings. The minimum Gasteiger partial charge on any atom is -0.497 e. The first-order valence-electron chi connectivity index (χ1n) is 8.73. The topological polar surface area (TPSA) is 116 Å². The summed E-state index contributed by atoms with van der Waals surface area (Å²) in [5.41, 5.74) is 0.347. The molecule has 2 rings (SSSR count). The van der Waals surface area contributed by atoms with Gasteiger partial charge in [0.25, 0.3) is 0 Å². The molecule has 10 nitrogen and oxygen atoms in total. The minimum absolute atomic E-state index is 0.0178. The Balaban J connectivity index is 2.03. The number of benzene rings is 1. The molecule has 1 aromatic heterocycles. The molecule has 0 unspecified atom stereocenters. The lowest BCUT2D eigenvalue weighted by Crippen LogP contribution is -2.38. The molecular weight excluding hydrogens is 390 g/mol. The monoisotopic (exact) mass is 412 g/mol. The number of nitrogens with one attached hydrogen (secondary N) is 2. The van der Waals surface area contributed by atoms with Crippen LogP contribution in [0.5, 0.6) is 11.5 Å². The number of nitrogens with zero attached hydrogens (tertiary/aromatic N) is 4. The zero-order chi connectivity index (χ0) is 21.2. The van der Waals surface area contributed by atoms with Gasteiger partial charge in [-0.3, -0.25) is 14.8 Å². The van der Waals surface area contributed by atoms with Gasteiger partial charge in [-0.05, 0) is 25.1 Å². The van der Waals surface area contributed by atoms with Crippen molar-refractivity contribution in [3.05, 3.63) is 46.3 Å². The van der Waals surface area contributed by atoms with Crippen molar-refractivity contribution in [1.29, 1.82) is 0 Å². The molecule has 158 valence electrons. The highest BCUT2D eigenvalue weighted by Crippen LogP contribution is 2.26. The largest absolute Gasteiger partial charge is 0.497 e. The van der Waals surface area contributed by atoms with Crippen LogP contribution in [-0.2, 0) is 13.1 Å². The van der Waals surface area contributed by atoms with Gasteiger partial charge in [-0.2, -0.15) is 13.9 Å². The van der Waals surface area contributed by atoms with Gasteiger partial charge >= 0.3 is 12.3 Å². The molecule has 0 saturated heterocycles. The van der Waals surface area contributed by atoms with E-state index >= 15 is 0 Å². The normalized spacial score (nSPS) is 11.4. The summed E-state index contributed by atoms with van der Waals surface area (Å²) in [7, 11) is 1.47. The van der Waals surface area contributed by atoms with Crippen molar-refractivity contribution in [2.45, 2.75) is 26.6 Å². The van der Waals surface area contributed by atoms with Gasteiger partial charge in [-0.1, -0.05) is 0 Å². The van der Waals surface area contributed by atoms with E-state index in [0.717, 1.165) is 0 Å². The lowest BCUT2D eigenvalue weighted by molar-refractivity contribution is -0.385. The molecule has 1 aromatic carbocycles. The summed E-state index contributed by atoms with van der Waals surface area (Å²) in [5.74, 6) is 0.958. The Morgan fingerprint density at radius 3 is 2.83 bits per heavy atom. The summed E-state index contributed by atoms with van der Waals surface area (Å²) in [5, 5.41) is 20.7. The van der Waals surface area contributed by atoms with Crippen molar-refractivity contribution in [2.75, 3.05) is 20.2 Å². The second kappa shape index (κ2) is 10.8. The Labute approximate surface area is 165 Å². The number of hydrogen-bond donors (Lipinski definition) is 2. The smallest absolute Gasteiger partial charge is 0.387 e. The van der Waals surface area contributed by atoms with E-state index in [-0.39, 0.29) is 18.0 Å². The summed E-state index contributed by atoms with van der Waals surface area (Å²) in [4.78, 5) is 14.5. The van der Waals surface area contributed by atoms with Crippen LogP contribution in [0.3, 0.4) is 0 Å². The lowest BCUT2D eigenvalue weighted by Gasteiger charge is -2.13. The predicted molar refractivity (Wildman–Crippen MR) is 101 cm³/mol. The Bertz CT molecular complexity index is 843. The van der Waals surface area contributed by atoms with Crippen LogP contribution in [0.25, 0.3) is 0 Å². The number of rotatable bonds is 10. The van der Waals surface area contributed by atoms with Gasteiger partial charge in [-0.15, -0.1) is 0 Å². The maximum atomic E-state index is 12.6. The molecule has 29 heavy (non-hydrogen) atoms. The Morgan fingerprint density at radius 2 is 2.21 bits per heavy atom. The fourth-order valence-corrected chi connectivity index (χ4v) is 2.38. The Kier molecular flexibility index (Phi) is 8.12.